The number of aromatic nitrogens is 2. The summed E-state index contributed by atoms with van der Waals surface area (Å²) in [7, 11) is 0. The van der Waals surface area contributed by atoms with Gasteiger partial charge < -0.3 is 4.74 Å². The van der Waals surface area contributed by atoms with Gasteiger partial charge in [0.1, 0.15) is 28.8 Å². The second-order valence-electron chi connectivity index (χ2n) is 5.93. The van der Waals surface area contributed by atoms with Gasteiger partial charge in [0.15, 0.2) is 5.82 Å². The highest BCUT2D eigenvalue weighted by molar-refractivity contribution is 5.91. The third-order valence-corrected chi connectivity index (χ3v) is 3.74. The molecule has 3 aromatic rings. The minimum absolute atomic E-state index is 0.191. The molecule has 0 atom stereocenters. The number of hydrogen-bond donors (Lipinski definition) is 0. The van der Waals surface area contributed by atoms with Crippen molar-refractivity contribution in [2.24, 2.45) is 0 Å². The number of hydrogen-bond acceptors (Lipinski definition) is 4. The molecule has 0 radical (unpaired) electrons. The first-order chi connectivity index (χ1) is 13.6. The highest BCUT2D eigenvalue weighted by atomic mass is 19.4. The quantitative estimate of drug-likeness (QED) is 0.341. The molecular formula is C19H10F6N2O2. The minimum Gasteiger partial charge on any atom is -0.423 e. The summed E-state index contributed by atoms with van der Waals surface area (Å²) in [6.45, 7) is 1.76. The van der Waals surface area contributed by atoms with E-state index in [0.29, 0.717) is 0 Å². The molecule has 2 aromatic carbocycles. The number of ether oxygens (including phenoxy) is 1. The number of carbonyl (C=O) groups excluding carboxylic acids is 1. The Balaban J connectivity index is 1.85. The molecule has 0 bridgehead atoms. The van der Waals surface area contributed by atoms with Crippen LogP contribution in [0.25, 0.3) is 11.4 Å². The van der Waals surface area contributed by atoms with Crippen molar-refractivity contribution in [1.29, 1.82) is 0 Å². The predicted octanol–water partition coefficient (Wildman–Crippen LogP) is 5.11. The molecule has 10 heteroatoms. The van der Waals surface area contributed by atoms with Gasteiger partial charge in [-0.3, -0.25) is 0 Å². The van der Waals surface area contributed by atoms with Gasteiger partial charge in [0.05, 0.1) is 5.56 Å². The molecule has 0 unspecified atom stereocenters. The molecule has 1 heterocycles. The predicted molar refractivity (Wildman–Crippen MR) is 88.5 cm³/mol. The molecule has 29 heavy (non-hydrogen) atoms. The number of esters is 1. The van der Waals surface area contributed by atoms with E-state index in [4.69, 9.17) is 0 Å². The van der Waals surface area contributed by atoms with E-state index in [1.165, 1.54) is 18.5 Å². The number of alkyl halides is 3. The van der Waals surface area contributed by atoms with Gasteiger partial charge in [0.25, 0.3) is 0 Å². The Morgan fingerprint density at radius 1 is 0.931 bits per heavy atom. The normalized spacial score (nSPS) is 11.4. The highest BCUT2D eigenvalue weighted by Crippen LogP contribution is 2.35. The van der Waals surface area contributed by atoms with E-state index in [1.54, 1.807) is 6.92 Å². The molecular weight excluding hydrogens is 402 g/mol. The number of carbonyl (C=O) groups is 1. The first-order valence-corrected chi connectivity index (χ1v) is 7.93. The Bertz CT molecular complexity index is 1060. The van der Waals surface area contributed by atoms with Crippen LogP contribution in [0.4, 0.5) is 26.3 Å². The molecule has 0 saturated heterocycles. The van der Waals surface area contributed by atoms with Crippen molar-refractivity contribution in [3.63, 3.8) is 0 Å². The summed E-state index contributed by atoms with van der Waals surface area (Å²) in [5.41, 5.74) is -1.68. The van der Waals surface area contributed by atoms with Crippen LogP contribution in [0.2, 0.25) is 0 Å². The zero-order chi connectivity index (χ0) is 21.3. The number of benzene rings is 2. The third kappa shape index (κ3) is 4.36. The molecule has 0 spiro atoms. The standard InChI is InChI=1S/C19H10F6N2O2/c1-9-7-26-17(27-8-9)10-2-3-12(13(20)4-10)18(28)29-11-5-14(21)16(15(22)6-11)19(23,24)25/h2-8H,1H3. The first kappa shape index (κ1) is 20.3. The zero-order valence-corrected chi connectivity index (χ0v) is 14.5. The number of rotatable bonds is 3. The van der Waals surface area contributed by atoms with Crippen LogP contribution in [0.3, 0.4) is 0 Å². The van der Waals surface area contributed by atoms with Gasteiger partial charge in [0, 0.05) is 30.1 Å². The Kier molecular flexibility index (Phi) is 5.27. The average molecular weight is 412 g/mol. The lowest BCUT2D eigenvalue weighted by molar-refractivity contribution is -0.142. The molecule has 0 N–H and O–H groups in total. The molecule has 0 saturated carbocycles. The number of nitrogens with zero attached hydrogens (tertiary/aromatic N) is 2. The highest BCUT2D eigenvalue weighted by Gasteiger charge is 2.38. The van der Waals surface area contributed by atoms with Crippen LogP contribution in [0.1, 0.15) is 21.5 Å². The second-order valence-corrected chi connectivity index (χ2v) is 5.93. The fraction of sp³-hybridized carbons (Fsp3) is 0.105. The number of aryl methyl sites for hydroxylation is 1. The van der Waals surface area contributed by atoms with Crippen LogP contribution in [0.15, 0.2) is 42.7 Å². The van der Waals surface area contributed by atoms with Gasteiger partial charge in [-0.05, 0) is 24.6 Å². The molecule has 0 fully saturated rings. The molecule has 1 aromatic heterocycles. The van der Waals surface area contributed by atoms with Gasteiger partial charge in [-0.1, -0.05) is 6.07 Å². The Hall–Kier alpha value is -3.43. The lowest BCUT2D eigenvalue weighted by atomic mass is 10.1. The molecule has 0 aliphatic heterocycles. The minimum atomic E-state index is -5.27. The van der Waals surface area contributed by atoms with E-state index in [2.05, 4.69) is 14.7 Å². The molecule has 3 rings (SSSR count). The van der Waals surface area contributed by atoms with Gasteiger partial charge in [-0.2, -0.15) is 13.2 Å². The summed E-state index contributed by atoms with van der Waals surface area (Å²) in [4.78, 5) is 20.1. The van der Waals surface area contributed by atoms with E-state index in [-0.39, 0.29) is 23.5 Å². The van der Waals surface area contributed by atoms with Gasteiger partial charge in [-0.25, -0.2) is 27.9 Å². The summed E-state index contributed by atoms with van der Waals surface area (Å²) in [6, 6.07) is 3.69. The summed E-state index contributed by atoms with van der Waals surface area (Å²) < 4.78 is 83.8. The number of halogens is 6. The topological polar surface area (TPSA) is 52.1 Å². The third-order valence-electron chi connectivity index (χ3n) is 3.74. The maximum absolute atomic E-state index is 14.3. The largest absolute Gasteiger partial charge is 0.423 e. The van der Waals surface area contributed by atoms with Crippen molar-refractivity contribution < 1.29 is 35.9 Å². The van der Waals surface area contributed by atoms with Gasteiger partial charge in [0.2, 0.25) is 0 Å². The van der Waals surface area contributed by atoms with Crippen molar-refractivity contribution in [2.75, 3.05) is 0 Å². The van der Waals surface area contributed by atoms with E-state index in [9.17, 15) is 31.1 Å². The van der Waals surface area contributed by atoms with E-state index in [1.807, 2.05) is 0 Å². The maximum atomic E-state index is 14.3. The second kappa shape index (κ2) is 7.53. The Morgan fingerprint density at radius 2 is 1.52 bits per heavy atom. The van der Waals surface area contributed by atoms with Crippen LogP contribution in [-0.4, -0.2) is 15.9 Å². The lowest BCUT2D eigenvalue weighted by Crippen LogP contribution is -2.14. The summed E-state index contributed by atoms with van der Waals surface area (Å²) in [5, 5.41) is 0. The van der Waals surface area contributed by atoms with Crippen molar-refractivity contribution in [3.8, 4) is 17.1 Å². The molecule has 4 nitrogen and oxygen atoms in total. The van der Waals surface area contributed by atoms with Crippen molar-refractivity contribution in [3.05, 3.63) is 76.9 Å². The molecule has 0 aliphatic rings. The summed E-state index contributed by atoms with van der Waals surface area (Å²) >= 11 is 0. The van der Waals surface area contributed by atoms with Gasteiger partial charge in [-0.15, -0.1) is 0 Å². The maximum Gasteiger partial charge on any atom is 0.422 e. The van der Waals surface area contributed by atoms with Crippen molar-refractivity contribution >= 4 is 5.97 Å². The Morgan fingerprint density at radius 3 is 2.03 bits per heavy atom. The Labute approximate surface area is 159 Å². The van der Waals surface area contributed by atoms with Crippen molar-refractivity contribution in [1.82, 2.24) is 9.97 Å². The van der Waals surface area contributed by atoms with Gasteiger partial charge >= 0.3 is 12.1 Å². The van der Waals surface area contributed by atoms with Crippen LogP contribution >= 0.6 is 0 Å². The fourth-order valence-corrected chi connectivity index (χ4v) is 2.40. The van der Waals surface area contributed by atoms with Crippen LogP contribution < -0.4 is 4.74 Å². The first-order valence-electron chi connectivity index (χ1n) is 7.93. The van der Waals surface area contributed by atoms with Crippen LogP contribution in [0.5, 0.6) is 5.75 Å². The molecule has 0 amide bonds. The van der Waals surface area contributed by atoms with E-state index >= 15 is 0 Å². The SMILES string of the molecule is Cc1cnc(-c2ccc(C(=O)Oc3cc(F)c(C(F)(F)F)c(F)c3)c(F)c2)nc1. The monoisotopic (exact) mass is 412 g/mol. The van der Waals surface area contributed by atoms with Crippen molar-refractivity contribution in [2.45, 2.75) is 13.1 Å². The molecule has 150 valence electrons. The van der Waals surface area contributed by atoms with Crippen LogP contribution in [-0.2, 0) is 6.18 Å². The average Bonchev–Trinajstić information content (AvgIpc) is 2.60. The fourth-order valence-electron chi connectivity index (χ4n) is 2.40. The lowest BCUT2D eigenvalue weighted by Gasteiger charge is -2.11. The summed E-state index contributed by atoms with van der Waals surface area (Å²) in [5.74, 6) is -6.97. The smallest absolute Gasteiger partial charge is 0.422 e. The van der Waals surface area contributed by atoms with E-state index in [0.717, 1.165) is 17.7 Å². The summed E-state index contributed by atoms with van der Waals surface area (Å²) in [6.07, 6.45) is -2.25. The van der Waals surface area contributed by atoms with Crippen LogP contribution in [0, 0.1) is 24.4 Å². The van der Waals surface area contributed by atoms with E-state index < -0.39 is 46.5 Å². The zero-order valence-electron chi connectivity index (χ0n) is 14.5. The molecule has 0 aliphatic carbocycles.